The van der Waals surface area contributed by atoms with Gasteiger partial charge in [-0.25, -0.2) is 4.57 Å². The molecule has 0 fully saturated rings. The molecule has 0 amide bonds. The van der Waals surface area contributed by atoms with Gasteiger partial charge in [0.15, 0.2) is 18.9 Å². The maximum absolute atomic E-state index is 2.28. The van der Waals surface area contributed by atoms with E-state index in [0.29, 0.717) is 5.92 Å². The minimum Gasteiger partial charge on any atom is -0.201 e. The molecule has 1 nitrogen and oxygen atoms in total. The van der Waals surface area contributed by atoms with Gasteiger partial charge in [0.05, 0.1) is 0 Å². The first-order valence-corrected chi connectivity index (χ1v) is 7.73. The molecule has 21 heavy (non-hydrogen) atoms. The largest absolute Gasteiger partial charge is 0.201 e. The smallest absolute Gasteiger partial charge is 0.174 e. The van der Waals surface area contributed by atoms with E-state index in [1.54, 1.807) is 0 Å². The van der Waals surface area contributed by atoms with E-state index in [1.165, 1.54) is 28.3 Å². The zero-order chi connectivity index (χ0) is 14.7. The van der Waals surface area contributed by atoms with Crippen molar-refractivity contribution in [2.75, 3.05) is 0 Å². The van der Waals surface area contributed by atoms with Gasteiger partial charge in [-0.15, -0.1) is 0 Å². The first kappa shape index (κ1) is 13.8. The quantitative estimate of drug-likeness (QED) is 0.609. The van der Waals surface area contributed by atoms with Crippen LogP contribution in [0, 0.1) is 0 Å². The summed E-state index contributed by atoms with van der Waals surface area (Å²) in [6, 6.07) is 19.6. The molecule has 0 aliphatic carbocycles. The van der Waals surface area contributed by atoms with E-state index < -0.39 is 0 Å². The SMILES string of the molecule is CCC(C)c1cc[n+](Cc2cccc3ccccc23)cc1. The molecule has 0 saturated carbocycles. The zero-order valence-electron chi connectivity index (χ0n) is 12.8. The molecule has 0 spiro atoms. The lowest BCUT2D eigenvalue weighted by Crippen LogP contribution is -2.33. The van der Waals surface area contributed by atoms with Gasteiger partial charge in [-0.05, 0) is 28.7 Å². The highest BCUT2D eigenvalue weighted by Gasteiger charge is 2.08. The molecule has 0 aliphatic rings. The third-order valence-electron chi connectivity index (χ3n) is 4.33. The van der Waals surface area contributed by atoms with Gasteiger partial charge in [0.1, 0.15) is 0 Å². The number of rotatable bonds is 4. The van der Waals surface area contributed by atoms with Crippen LogP contribution in [-0.2, 0) is 6.54 Å². The molecule has 3 aromatic rings. The Labute approximate surface area is 126 Å². The predicted octanol–water partition coefficient (Wildman–Crippen LogP) is 4.69. The van der Waals surface area contributed by atoms with Crippen LogP contribution in [0.15, 0.2) is 67.0 Å². The molecular weight excluding hydrogens is 254 g/mol. The van der Waals surface area contributed by atoms with Gasteiger partial charge >= 0.3 is 0 Å². The molecule has 1 heterocycles. The highest BCUT2D eigenvalue weighted by Crippen LogP contribution is 2.19. The lowest BCUT2D eigenvalue weighted by Gasteiger charge is -2.08. The van der Waals surface area contributed by atoms with Crippen LogP contribution in [0.3, 0.4) is 0 Å². The second kappa shape index (κ2) is 6.09. The maximum Gasteiger partial charge on any atom is 0.174 e. The summed E-state index contributed by atoms with van der Waals surface area (Å²) in [5, 5.41) is 2.66. The van der Waals surface area contributed by atoms with Crippen molar-refractivity contribution in [3.8, 4) is 0 Å². The molecule has 0 radical (unpaired) electrons. The van der Waals surface area contributed by atoms with Gasteiger partial charge in [0.25, 0.3) is 0 Å². The second-order valence-corrected chi connectivity index (χ2v) is 5.75. The molecule has 0 aliphatic heterocycles. The zero-order valence-corrected chi connectivity index (χ0v) is 12.8. The number of pyridine rings is 1. The molecule has 2 aromatic carbocycles. The lowest BCUT2D eigenvalue weighted by molar-refractivity contribution is -0.688. The van der Waals surface area contributed by atoms with E-state index in [2.05, 4.69) is 85.4 Å². The third-order valence-corrected chi connectivity index (χ3v) is 4.33. The fourth-order valence-electron chi connectivity index (χ4n) is 2.77. The average molecular weight is 276 g/mol. The summed E-state index contributed by atoms with van der Waals surface area (Å²) >= 11 is 0. The van der Waals surface area contributed by atoms with Crippen LogP contribution >= 0.6 is 0 Å². The number of hydrogen-bond acceptors (Lipinski definition) is 0. The maximum atomic E-state index is 2.28. The summed E-state index contributed by atoms with van der Waals surface area (Å²) in [7, 11) is 0. The summed E-state index contributed by atoms with van der Waals surface area (Å²) in [6.07, 6.45) is 5.58. The van der Waals surface area contributed by atoms with Gasteiger partial charge in [-0.1, -0.05) is 56.3 Å². The average Bonchev–Trinajstić information content (AvgIpc) is 2.55. The van der Waals surface area contributed by atoms with Crippen molar-refractivity contribution in [1.82, 2.24) is 0 Å². The Hall–Kier alpha value is -2.15. The number of fused-ring (bicyclic) bond motifs is 1. The van der Waals surface area contributed by atoms with Crippen molar-refractivity contribution in [3.63, 3.8) is 0 Å². The van der Waals surface area contributed by atoms with Crippen molar-refractivity contribution >= 4 is 10.8 Å². The van der Waals surface area contributed by atoms with Gasteiger partial charge in [-0.2, -0.15) is 0 Å². The predicted molar refractivity (Wildman–Crippen MR) is 88.4 cm³/mol. The Morgan fingerprint density at radius 3 is 2.38 bits per heavy atom. The fourth-order valence-corrected chi connectivity index (χ4v) is 2.77. The van der Waals surface area contributed by atoms with Crippen LogP contribution in [0.1, 0.15) is 37.3 Å². The molecule has 106 valence electrons. The molecule has 1 heteroatoms. The Morgan fingerprint density at radius 2 is 1.62 bits per heavy atom. The molecule has 1 aromatic heterocycles. The molecule has 0 saturated heterocycles. The Bertz CT molecular complexity index is 723. The summed E-state index contributed by atoms with van der Waals surface area (Å²) in [6.45, 7) is 5.44. The van der Waals surface area contributed by atoms with Crippen molar-refractivity contribution in [1.29, 1.82) is 0 Å². The van der Waals surface area contributed by atoms with Crippen LogP contribution in [0.4, 0.5) is 0 Å². The number of hydrogen-bond donors (Lipinski definition) is 0. The van der Waals surface area contributed by atoms with Crippen molar-refractivity contribution < 1.29 is 4.57 Å². The molecule has 0 N–H and O–H groups in total. The molecule has 0 bridgehead atoms. The minimum atomic E-state index is 0.636. The highest BCUT2D eigenvalue weighted by molar-refractivity contribution is 5.85. The van der Waals surface area contributed by atoms with Crippen LogP contribution < -0.4 is 4.57 Å². The molecular formula is C20H22N+. The van der Waals surface area contributed by atoms with E-state index in [4.69, 9.17) is 0 Å². The van der Waals surface area contributed by atoms with Crippen LogP contribution in [-0.4, -0.2) is 0 Å². The number of nitrogens with zero attached hydrogens (tertiary/aromatic N) is 1. The first-order valence-electron chi connectivity index (χ1n) is 7.73. The molecule has 3 rings (SSSR count). The standard InChI is InChI=1S/C20H22N/c1-3-16(2)17-11-13-21(14-12-17)15-19-9-6-8-18-7-4-5-10-20(18)19/h4-14,16H,3,15H2,1-2H3/q+1. The molecule has 1 atom stereocenters. The third kappa shape index (κ3) is 2.97. The van der Waals surface area contributed by atoms with Gasteiger partial charge < -0.3 is 0 Å². The number of benzene rings is 2. The Kier molecular flexibility index (Phi) is 4.01. The van der Waals surface area contributed by atoms with E-state index in [0.717, 1.165) is 6.54 Å². The Balaban J connectivity index is 1.88. The minimum absolute atomic E-state index is 0.636. The summed E-state index contributed by atoms with van der Waals surface area (Å²) in [5.74, 6) is 0.636. The van der Waals surface area contributed by atoms with E-state index in [-0.39, 0.29) is 0 Å². The van der Waals surface area contributed by atoms with Gasteiger partial charge in [0.2, 0.25) is 0 Å². The summed E-state index contributed by atoms with van der Waals surface area (Å²) in [4.78, 5) is 0. The van der Waals surface area contributed by atoms with Crippen LogP contribution in [0.5, 0.6) is 0 Å². The molecule has 1 unspecified atom stereocenters. The summed E-state index contributed by atoms with van der Waals surface area (Å²) < 4.78 is 2.26. The fraction of sp³-hybridized carbons (Fsp3) is 0.250. The van der Waals surface area contributed by atoms with Gasteiger partial charge in [0, 0.05) is 17.7 Å². The summed E-state index contributed by atoms with van der Waals surface area (Å²) in [5.41, 5.74) is 2.79. The number of aromatic nitrogens is 1. The van der Waals surface area contributed by atoms with Gasteiger partial charge in [-0.3, -0.25) is 0 Å². The van der Waals surface area contributed by atoms with Crippen molar-refractivity contribution in [3.05, 3.63) is 78.1 Å². The lowest BCUT2D eigenvalue weighted by atomic mass is 10.00. The van der Waals surface area contributed by atoms with E-state index >= 15 is 0 Å². The van der Waals surface area contributed by atoms with E-state index in [9.17, 15) is 0 Å². The highest BCUT2D eigenvalue weighted by atomic mass is 14.9. The normalized spacial score (nSPS) is 12.5. The topological polar surface area (TPSA) is 3.88 Å². The first-order chi connectivity index (χ1) is 10.3. The van der Waals surface area contributed by atoms with E-state index in [1.807, 2.05) is 0 Å². The van der Waals surface area contributed by atoms with Crippen LogP contribution in [0.2, 0.25) is 0 Å². The van der Waals surface area contributed by atoms with Crippen LogP contribution in [0.25, 0.3) is 10.8 Å². The second-order valence-electron chi connectivity index (χ2n) is 5.75. The Morgan fingerprint density at radius 1 is 0.905 bits per heavy atom. The van der Waals surface area contributed by atoms with Crippen molar-refractivity contribution in [2.24, 2.45) is 0 Å². The monoisotopic (exact) mass is 276 g/mol. The van der Waals surface area contributed by atoms with Crippen molar-refractivity contribution in [2.45, 2.75) is 32.7 Å².